The van der Waals surface area contributed by atoms with Gasteiger partial charge < -0.3 is 10.6 Å². The zero-order valence-corrected chi connectivity index (χ0v) is 21.2. The topological polar surface area (TPSA) is 143 Å². The maximum Gasteiger partial charge on any atom is 0.354 e. The number of carbonyl (C=O) groups is 1. The first-order chi connectivity index (χ1) is 17.0. The van der Waals surface area contributed by atoms with Gasteiger partial charge in [0.25, 0.3) is 5.91 Å². The molecule has 1 amide bonds. The Morgan fingerprint density at radius 1 is 1.06 bits per heavy atom. The molecule has 36 heavy (non-hydrogen) atoms. The molecule has 2 aromatic carbocycles. The van der Waals surface area contributed by atoms with Crippen LogP contribution in [0.15, 0.2) is 62.2 Å². The molecule has 13 heteroatoms. The molecular weight excluding hydrogens is 511 g/mol. The van der Waals surface area contributed by atoms with E-state index in [1.54, 1.807) is 36.4 Å². The first kappa shape index (κ1) is 26.9. The minimum atomic E-state index is -1.01. The molecule has 0 saturated heterocycles. The van der Waals surface area contributed by atoms with E-state index in [1.807, 2.05) is 13.8 Å². The highest BCUT2D eigenvalue weighted by Crippen LogP contribution is 2.29. The number of halogens is 2. The Bertz CT molecular complexity index is 1470. The van der Waals surface area contributed by atoms with Gasteiger partial charge in [-0.3, -0.25) is 9.36 Å². The number of hydrogen-bond acceptors (Lipinski definition) is 7. The van der Waals surface area contributed by atoms with E-state index in [9.17, 15) is 19.3 Å². The third-order valence-electron chi connectivity index (χ3n) is 5.08. The van der Waals surface area contributed by atoms with Crippen LogP contribution in [0.3, 0.4) is 0 Å². The number of nitrogens with two attached hydrogens (primary N) is 1. The van der Waals surface area contributed by atoms with Crippen LogP contribution in [0.2, 0.25) is 10.0 Å². The molecule has 0 saturated carbocycles. The molecule has 0 aliphatic rings. The summed E-state index contributed by atoms with van der Waals surface area (Å²) in [5.41, 5.74) is -0.905. The first-order valence-corrected chi connectivity index (χ1v) is 11.6. The van der Waals surface area contributed by atoms with Gasteiger partial charge >= 0.3 is 11.4 Å². The fraction of sp³-hybridized carbons (Fsp3) is 0.304. The van der Waals surface area contributed by atoms with Crippen molar-refractivity contribution in [2.75, 3.05) is 5.84 Å². The molecule has 0 fully saturated rings. The van der Waals surface area contributed by atoms with E-state index in [0.717, 1.165) is 4.57 Å². The zero-order valence-electron chi connectivity index (χ0n) is 19.7. The van der Waals surface area contributed by atoms with Gasteiger partial charge in [-0.1, -0.05) is 35.3 Å². The second-order valence-corrected chi connectivity index (χ2v) is 9.09. The summed E-state index contributed by atoms with van der Waals surface area (Å²) in [4.78, 5) is 53.1. The fourth-order valence-corrected chi connectivity index (χ4v) is 3.78. The van der Waals surface area contributed by atoms with E-state index < -0.39 is 29.7 Å². The minimum Gasteiger partial charge on any atom is -0.489 e. The zero-order chi connectivity index (χ0) is 26.6. The Morgan fingerprint density at radius 3 is 2.31 bits per heavy atom. The molecular formula is C23H24Cl2N6O5. The van der Waals surface area contributed by atoms with Crippen LogP contribution in [0.5, 0.6) is 5.75 Å². The van der Waals surface area contributed by atoms with Crippen LogP contribution in [0.25, 0.3) is 0 Å². The first-order valence-electron chi connectivity index (χ1n) is 10.9. The number of amides is 1. The highest BCUT2D eigenvalue weighted by Gasteiger charge is 2.20. The number of nitrogen functional groups attached to an aromatic ring is 1. The summed E-state index contributed by atoms with van der Waals surface area (Å²) < 4.78 is 8.28. The van der Waals surface area contributed by atoms with Gasteiger partial charge in [0, 0.05) is 16.2 Å². The number of nitrogens with zero attached hydrogens (tertiary/aromatic N) is 5. The van der Waals surface area contributed by atoms with Crippen LogP contribution in [0, 0.1) is 4.91 Å². The average Bonchev–Trinajstić information content (AvgIpc) is 2.82. The Hall–Kier alpha value is -3.70. The van der Waals surface area contributed by atoms with E-state index >= 15 is 0 Å². The highest BCUT2D eigenvalue weighted by atomic mass is 35.5. The number of nitroso groups, excluding NO2 is 1. The van der Waals surface area contributed by atoms with Crippen molar-refractivity contribution in [1.29, 1.82) is 0 Å². The molecule has 0 aliphatic carbocycles. The lowest BCUT2D eigenvalue weighted by molar-refractivity contribution is -0.118. The van der Waals surface area contributed by atoms with Crippen LogP contribution in [-0.4, -0.2) is 25.8 Å². The lowest BCUT2D eigenvalue weighted by atomic mass is 10.2. The number of carbonyl (C=O) groups excluding carboxylic acids is 1. The van der Waals surface area contributed by atoms with Gasteiger partial charge in [0.15, 0.2) is 0 Å². The monoisotopic (exact) mass is 534 g/mol. The standard InChI is InChI=1S/C23H24Cl2N6O5/c1-13(2)36-19-9-8-17(11-18(19)25)27-21-29(12-15-4-6-16(24)7-5-15)22(33)30(23(34)31(21)26)14(3)10-20(32)28-35/h4-9,11,13-14H,10,12,26H2,1-3H3/b27-21-/t14-/m0/s1. The third-order valence-corrected chi connectivity index (χ3v) is 5.63. The molecule has 0 bridgehead atoms. The second kappa shape index (κ2) is 11.4. The average molecular weight is 535 g/mol. The van der Waals surface area contributed by atoms with Gasteiger partial charge in [0.05, 0.1) is 29.8 Å². The van der Waals surface area contributed by atoms with E-state index in [2.05, 4.69) is 10.2 Å². The van der Waals surface area contributed by atoms with Gasteiger partial charge in [-0.25, -0.2) is 19.1 Å². The van der Waals surface area contributed by atoms with Crippen molar-refractivity contribution < 1.29 is 9.53 Å². The number of aromatic nitrogens is 3. The van der Waals surface area contributed by atoms with Crippen LogP contribution in [0.1, 0.15) is 38.8 Å². The van der Waals surface area contributed by atoms with Gasteiger partial charge in [0.1, 0.15) is 5.75 Å². The Labute approximate surface area is 215 Å². The van der Waals surface area contributed by atoms with Crippen LogP contribution < -0.4 is 27.6 Å². The van der Waals surface area contributed by atoms with E-state index in [4.69, 9.17) is 33.8 Å². The molecule has 0 aliphatic heterocycles. The SMILES string of the molecule is CC(C)Oc1ccc(/N=c2\n(N)c(=O)n([C@@H](C)CC(=O)N=O)c(=O)n2Cc2ccc(Cl)cc2)cc1Cl. The van der Waals surface area contributed by atoms with E-state index in [-0.39, 0.29) is 23.3 Å². The Balaban J connectivity index is 2.25. The molecule has 1 aromatic heterocycles. The van der Waals surface area contributed by atoms with Crippen LogP contribution in [-0.2, 0) is 11.3 Å². The summed E-state index contributed by atoms with van der Waals surface area (Å²) in [6.07, 6.45) is -0.555. The molecule has 0 radical (unpaired) electrons. The summed E-state index contributed by atoms with van der Waals surface area (Å²) in [5, 5.41) is 3.12. The van der Waals surface area contributed by atoms with Crippen molar-refractivity contribution in [3.05, 3.63) is 89.6 Å². The number of ether oxygens (including phenoxy) is 1. The molecule has 0 unspecified atom stereocenters. The van der Waals surface area contributed by atoms with E-state index in [1.165, 1.54) is 17.6 Å². The van der Waals surface area contributed by atoms with Gasteiger partial charge in [-0.15, -0.1) is 4.91 Å². The summed E-state index contributed by atoms with van der Waals surface area (Å²) in [7, 11) is 0. The quantitative estimate of drug-likeness (QED) is 0.347. The van der Waals surface area contributed by atoms with Crippen molar-refractivity contribution in [3.63, 3.8) is 0 Å². The number of hydrogen-bond donors (Lipinski definition) is 1. The lowest BCUT2D eigenvalue weighted by Gasteiger charge is -2.17. The highest BCUT2D eigenvalue weighted by molar-refractivity contribution is 6.32. The summed E-state index contributed by atoms with van der Waals surface area (Å²) in [5.74, 6) is 5.54. The molecule has 190 valence electrons. The van der Waals surface area contributed by atoms with Crippen LogP contribution >= 0.6 is 23.2 Å². The second-order valence-electron chi connectivity index (χ2n) is 8.25. The molecule has 2 N–H and O–H groups in total. The van der Waals surface area contributed by atoms with Crippen LogP contribution in [0.4, 0.5) is 5.69 Å². The predicted molar refractivity (Wildman–Crippen MR) is 136 cm³/mol. The number of rotatable bonds is 8. The number of benzene rings is 2. The Kier molecular flexibility index (Phi) is 8.49. The summed E-state index contributed by atoms with van der Waals surface area (Å²) >= 11 is 12.3. The molecule has 3 rings (SSSR count). The summed E-state index contributed by atoms with van der Waals surface area (Å²) in [6, 6.07) is 10.4. The maximum atomic E-state index is 13.5. The largest absolute Gasteiger partial charge is 0.489 e. The van der Waals surface area contributed by atoms with Crippen molar-refractivity contribution in [2.45, 2.75) is 45.9 Å². The van der Waals surface area contributed by atoms with E-state index in [0.29, 0.717) is 26.7 Å². The van der Waals surface area contributed by atoms with Crippen molar-refractivity contribution in [3.8, 4) is 5.75 Å². The molecule has 3 aromatic rings. The third kappa shape index (κ3) is 6.10. The van der Waals surface area contributed by atoms with Crippen molar-refractivity contribution in [1.82, 2.24) is 13.8 Å². The Morgan fingerprint density at radius 2 is 1.72 bits per heavy atom. The van der Waals surface area contributed by atoms with Crippen molar-refractivity contribution >= 4 is 34.8 Å². The van der Waals surface area contributed by atoms with Gasteiger partial charge in [-0.2, -0.15) is 4.68 Å². The summed E-state index contributed by atoms with van der Waals surface area (Å²) in [6.45, 7) is 5.12. The molecule has 11 nitrogen and oxygen atoms in total. The lowest BCUT2D eigenvalue weighted by Crippen LogP contribution is -2.58. The molecule has 0 spiro atoms. The normalized spacial score (nSPS) is 12.6. The molecule has 1 atom stereocenters. The minimum absolute atomic E-state index is 0.0266. The fourth-order valence-electron chi connectivity index (χ4n) is 3.44. The maximum absolute atomic E-state index is 13.5. The van der Waals surface area contributed by atoms with Gasteiger partial charge in [0.2, 0.25) is 5.62 Å². The smallest absolute Gasteiger partial charge is 0.354 e. The van der Waals surface area contributed by atoms with Crippen molar-refractivity contribution in [2.24, 2.45) is 10.2 Å². The van der Waals surface area contributed by atoms with Gasteiger partial charge in [-0.05, 0) is 56.7 Å². The molecule has 1 heterocycles. The predicted octanol–water partition coefficient (Wildman–Crippen LogP) is 3.14.